The minimum absolute atomic E-state index is 0.160. The molecule has 1 aliphatic carbocycles. The number of methoxy groups -OCH3 is 1. The van der Waals surface area contributed by atoms with Crippen molar-refractivity contribution >= 4 is 5.78 Å². The Labute approximate surface area is 117 Å². The molecule has 0 N–H and O–H groups in total. The van der Waals surface area contributed by atoms with Crippen LogP contribution in [0.15, 0.2) is 34.6 Å². The third kappa shape index (κ3) is 3.37. The molecule has 0 saturated heterocycles. The Morgan fingerprint density at radius 1 is 0.947 bits per heavy atom. The van der Waals surface area contributed by atoms with Gasteiger partial charge in [-0.1, -0.05) is 41.5 Å². The number of Topliss-reactive ketones (excluding diaryl/α,β-unsaturated/α-hetero) is 1. The Balaban J connectivity index is 3.48. The molecule has 0 atom stereocenters. The molecule has 0 saturated carbocycles. The molecule has 0 unspecified atom stereocenters. The maximum Gasteiger partial charge on any atom is 0.186 e. The molecule has 2 heteroatoms. The van der Waals surface area contributed by atoms with E-state index >= 15 is 0 Å². The summed E-state index contributed by atoms with van der Waals surface area (Å²) in [7, 11) is 1.66. The second-order valence-corrected chi connectivity index (χ2v) is 7.16. The van der Waals surface area contributed by atoms with Crippen LogP contribution in [0.4, 0.5) is 0 Å². The first-order valence-electron chi connectivity index (χ1n) is 6.72. The normalized spacial score (nSPS) is 17.1. The van der Waals surface area contributed by atoms with Crippen molar-refractivity contribution in [2.45, 2.75) is 48.5 Å². The first kappa shape index (κ1) is 15.7. The molecule has 1 rings (SSSR count). The lowest BCUT2D eigenvalue weighted by Crippen LogP contribution is -2.28. The van der Waals surface area contributed by atoms with Crippen molar-refractivity contribution in [3.05, 3.63) is 34.6 Å². The molecule has 0 fully saturated rings. The SMILES string of the molecule is COC(C)=C1C=C(C(C)(C)C)C(=O)C(C(C)(C)C)=C1. The highest BCUT2D eigenvalue weighted by molar-refractivity contribution is 6.11. The summed E-state index contributed by atoms with van der Waals surface area (Å²) in [5.41, 5.74) is 2.37. The Morgan fingerprint density at radius 2 is 1.32 bits per heavy atom. The molecule has 0 spiro atoms. The zero-order valence-corrected chi connectivity index (χ0v) is 13.5. The summed E-state index contributed by atoms with van der Waals surface area (Å²) >= 11 is 0. The van der Waals surface area contributed by atoms with Crippen LogP contribution in [0.1, 0.15) is 48.5 Å². The van der Waals surface area contributed by atoms with Crippen LogP contribution in [-0.4, -0.2) is 12.9 Å². The molecule has 0 aromatic heterocycles. The molecule has 0 aliphatic heterocycles. The Kier molecular flexibility index (Phi) is 4.14. The molecule has 0 aromatic rings. The topological polar surface area (TPSA) is 26.3 Å². The molecule has 0 bridgehead atoms. The molecule has 2 nitrogen and oxygen atoms in total. The fraction of sp³-hybridized carbons (Fsp3) is 0.588. The number of hydrogen-bond donors (Lipinski definition) is 0. The van der Waals surface area contributed by atoms with Crippen molar-refractivity contribution in [3.8, 4) is 0 Å². The van der Waals surface area contributed by atoms with Gasteiger partial charge in [0.25, 0.3) is 0 Å². The fourth-order valence-electron chi connectivity index (χ4n) is 2.06. The lowest BCUT2D eigenvalue weighted by Gasteiger charge is -2.31. The predicted octanol–water partition coefficient (Wildman–Crippen LogP) is 4.43. The smallest absolute Gasteiger partial charge is 0.186 e. The second-order valence-electron chi connectivity index (χ2n) is 7.16. The fourth-order valence-corrected chi connectivity index (χ4v) is 2.06. The van der Waals surface area contributed by atoms with Gasteiger partial charge in [-0.05, 0) is 29.9 Å². The number of rotatable bonds is 1. The Bertz CT molecular complexity index is 438. The molecule has 19 heavy (non-hydrogen) atoms. The van der Waals surface area contributed by atoms with Gasteiger partial charge in [0.2, 0.25) is 0 Å². The van der Waals surface area contributed by atoms with Gasteiger partial charge in [-0.25, -0.2) is 0 Å². The van der Waals surface area contributed by atoms with Gasteiger partial charge >= 0.3 is 0 Å². The maximum absolute atomic E-state index is 12.7. The van der Waals surface area contributed by atoms with Crippen LogP contribution in [0.3, 0.4) is 0 Å². The van der Waals surface area contributed by atoms with Gasteiger partial charge < -0.3 is 4.74 Å². The molecule has 1 aliphatic rings. The number of allylic oxidation sites excluding steroid dienone is 6. The summed E-state index contributed by atoms with van der Waals surface area (Å²) in [6.45, 7) is 14.4. The van der Waals surface area contributed by atoms with Gasteiger partial charge in [0.05, 0.1) is 12.9 Å². The third-order valence-corrected chi connectivity index (χ3v) is 3.42. The van der Waals surface area contributed by atoms with E-state index in [1.807, 2.05) is 19.1 Å². The average Bonchev–Trinajstić information content (AvgIpc) is 2.25. The number of hydrogen-bond acceptors (Lipinski definition) is 2. The van der Waals surface area contributed by atoms with Gasteiger partial charge in [-0.3, -0.25) is 4.79 Å². The number of ether oxygens (including phenoxy) is 1. The summed E-state index contributed by atoms with van der Waals surface area (Å²) in [6.07, 6.45) is 3.94. The van der Waals surface area contributed by atoms with Crippen molar-refractivity contribution < 1.29 is 9.53 Å². The number of ketones is 1. The van der Waals surface area contributed by atoms with Gasteiger partial charge in [-0.15, -0.1) is 0 Å². The van der Waals surface area contributed by atoms with E-state index in [-0.39, 0.29) is 16.6 Å². The lowest BCUT2D eigenvalue weighted by molar-refractivity contribution is -0.114. The van der Waals surface area contributed by atoms with Crippen LogP contribution >= 0.6 is 0 Å². The van der Waals surface area contributed by atoms with Crippen molar-refractivity contribution in [2.24, 2.45) is 10.8 Å². The molecule has 0 aromatic carbocycles. The first-order chi connectivity index (χ1) is 8.48. The van der Waals surface area contributed by atoms with E-state index in [2.05, 4.69) is 41.5 Å². The van der Waals surface area contributed by atoms with Crippen molar-refractivity contribution in [1.29, 1.82) is 0 Å². The minimum Gasteiger partial charge on any atom is -0.501 e. The lowest BCUT2D eigenvalue weighted by atomic mass is 9.72. The zero-order valence-electron chi connectivity index (χ0n) is 13.5. The summed E-state index contributed by atoms with van der Waals surface area (Å²) in [5, 5.41) is 0. The Morgan fingerprint density at radius 3 is 1.58 bits per heavy atom. The van der Waals surface area contributed by atoms with Gasteiger partial charge in [0, 0.05) is 16.7 Å². The molecule has 0 heterocycles. The van der Waals surface area contributed by atoms with Gasteiger partial charge in [-0.2, -0.15) is 0 Å². The van der Waals surface area contributed by atoms with Crippen LogP contribution in [0.5, 0.6) is 0 Å². The van der Waals surface area contributed by atoms with Crippen LogP contribution in [-0.2, 0) is 9.53 Å². The summed E-state index contributed by atoms with van der Waals surface area (Å²) < 4.78 is 5.33. The summed E-state index contributed by atoms with van der Waals surface area (Å²) in [6, 6.07) is 0. The predicted molar refractivity (Wildman–Crippen MR) is 79.8 cm³/mol. The van der Waals surface area contributed by atoms with Crippen molar-refractivity contribution in [1.82, 2.24) is 0 Å². The first-order valence-corrected chi connectivity index (χ1v) is 6.72. The van der Waals surface area contributed by atoms with E-state index in [0.29, 0.717) is 0 Å². The maximum atomic E-state index is 12.7. The highest BCUT2D eigenvalue weighted by Gasteiger charge is 2.34. The highest BCUT2D eigenvalue weighted by Crippen LogP contribution is 2.39. The standard InChI is InChI=1S/C17H26O2/c1-11(19-8)12-9-13(16(2,3)4)15(18)14(10-12)17(5,6)7/h9-10H,1-8H3. The monoisotopic (exact) mass is 262 g/mol. The summed E-state index contributed by atoms with van der Waals surface area (Å²) in [5.74, 6) is 1.00. The molecular formula is C17H26O2. The average molecular weight is 262 g/mol. The van der Waals surface area contributed by atoms with Gasteiger partial charge in [0.1, 0.15) is 0 Å². The van der Waals surface area contributed by atoms with Crippen LogP contribution < -0.4 is 0 Å². The quantitative estimate of drug-likeness (QED) is 0.653. The van der Waals surface area contributed by atoms with Gasteiger partial charge in [0.15, 0.2) is 5.78 Å². The van der Waals surface area contributed by atoms with E-state index in [9.17, 15) is 4.79 Å². The third-order valence-electron chi connectivity index (χ3n) is 3.42. The number of carbonyl (C=O) groups is 1. The largest absolute Gasteiger partial charge is 0.501 e. The molecule has 0 amide bonds. The van der Waals surface area contributed by atoms with Crippen LogP contribution in [0.2, 0.25) is 0 Å². The molecular weight excluding hydrogens is 236 g/mol. The Hall–Kier alpha value is -1.31. The number of carbonyl (C=O) groups excluding carboxylic acids is 1. The van der Waals surface area contributed by atoms with Crippen LogP contribution in [0, 0.1) is 10.8 Å². The molecule has 106 valence electrons. The van der Waals surface area contributed by atoms with Crippen molar-refractivity contribution in [2.75, 3.05) is 7.11 Å². The summed E-state index contributed by atoms with van der Waals surface area (Å²) in [4.78, 5) is 12.7. The van der Waals surface area contributed by atoms with E-state index in [1.165, 1.54) is 0 Å². The van der Waals surface area contributed by atoms with E-state index in [0.717, 1.165) is 22.5 Å². The molecule has 0 radical (unpaired) electrons. The van der Waals surface area contributed by atoms with Crippen LogP contribution in [0.25, 0.3) is 0 Å². The van der Waals surface area contributed by atoms with E-state index < -0.39 is 0 Å². The van der Waals surface area contributed by atoms with E-state index in [1.54, 1.807) is 7.11 Å². The van der Waals surface area contributed by atoms with Crippen molar-refractivity contribution in [3.63, 3.8) is 0 Å². The second kappa shape index (κ2) is 4.99. The zero-order chi connectivity index (χ0) is 15.0. The van der Waals surface area contributed by atoms with E-state index in [4.69, 9.17) is 4.74 Å². The highest BCUT2D eigenvalue weighted by atomic mass is 16.5. The minimum atomic E-state index is -0.166.